The molecule has 0 aromatic heterocycles. The van der Waals surface area contributed by atoms with Crippen LogP contribution in [0.4, 0.5) is 0 Å². The Morgan fingerprint density at radius 2 is 1.83 bits per heavy atom. The molecule has 0 aliphatic rings. The van der Waals surface area contributed by atoms with E-state index in [1.54, 1.807) is 24.3 Å². The molecule has 1 aromatic carbocycles. The van der Waals surface area contributed by atoms with E-state index in [-0.39, 0.29) is 30.7 Å². The van der Waals surface area contributed by atoms with Crippen molar-refractivity contribution in [1.82, 2.24) is 10.6 Å². The molecule has 0 aliphatic carbocycles. The van der Waals surface area contributed by atoms with Crippen LogP contribution in [0.15, 0.2) is 28.7 Å². The average Bonchev–Trinajstić information content (AvgIpc) is 2.58. The van der Waals surface area contributed by atoms with Gasteiger partial charge in [0.1, 0.15) is 6.04 Å². The molecule has 1 aromatic rings. The molecule has 0 fully saturated rings. The number of amides is 2. The van der Waals surface area contributed by atoms with E-state index in [1.807, 2.05) is 13.8 Å². The zero-order chi connectivity index (χ0) is 18.1. The van der Waals surface area contributed by atoms with E-state index in [0.29, 0.717) is 5.56 Å². The van der Waals surface area contributed by atoms with Gasteiger partial charge in [0.25, 0.3) is 5.91 Å². The number of nitrogens with one attached hydrogen (secondary N) is 2. The SMILES string of the molecule is CCC(C)C(NC(=O)CCNC(=O)c1ccc(Br)cc1)C(=O)OC. The Bertz CT molecular complexity index is 574. The molecular weight excluding hydrogens is 376 g/mol. The Kier molecular flexibility index (Phi) is 8.46. The lowest BCUT2D eigenvalue weighted by Gasteiger charge is -2.21. The minimum Gasteiger partial charge on any atom is -0.467 e. The molecule has 0 aliphatic heterocycles. The first-order chi connectivity index (χ1) is 11.4. The minimum absolute atomic E-state index is 0.0289. The first-order valence-electron chi connectivity index (χ1n) is 7.80. The molecule has 2 atom stereocenters. The number of hydrogen-bond acceptors (Lipinski definition) is 4. The van der Waals surface area contributed by atoms with Crippen molar-refractivity contribution in [3.05, 3.63) is 34.3 Å². The molecule has 0 saturated carbocycles. The van der Waals surface area contributed by atoms with Crippen LogP contribution in [0.3, 0.4) is 0 Å². The van der Waals surface area contributed by atoms with Crippen molar-refractivity contribution in [2.24, 2.45) is 5.92 Å². The Labute approximate surface area is 150 Å². The summed E-state index contributed by atoms with van der Waals surface area (Å²) in [5.41, 5.74) is 0.519. The summed E-state index contributed by atoms with van der Waals surface area (Å²) >= 11 is 3.30. The number of esters is 1. The maximum absolute atomic E-state index is 12.0. The zero-order valence-electron chi connectivity index (χ0n) is 14.1. The second-order valence-corrected chi connectivity index (χ2v) is 6.38. The van der Waals surface area contributed by atoms with Gasteiger partial charge >= 0.3 is 5.97 Å². The Morgan fingerprint density at radius 1 is 1.21 bits per heavy atom. The highest BCUT2D eigenvalue weighted by molar-refractivity contribution is 9.10. The third-order valence-electron chi connectivity index (χ3n) is 3.73. The summed E-state index contributed by atoms with van der Waals surface area (Å²) < 4.78 is 5.61. The van der Waals surface area contributed by atoms with E-state index >= 15 is 0 Å². The third-order valence-corrected chi connectivity index (χ3v) is 4.26. The second-order valence-electron chi connectivity index (χ2n) is 5.47. The van der Waals surface area contributed by atoms with Gasteiger partial charge < -0.3 is 15.4 Å². The summed E-state index contributed by atoms with van der Waals surface area (Å²) in [7, 11) is 1.29. The van der Waals surface area contributed by atoms with Crippen molar-refractivity contribution in [1.29, 1.82) is 0 Å². The van der Waals surface area contributed by atoms with Gasteiger partial charge in [-0.2, -0.15) is 0 Å². The largest absolute Gasteiger partial charge is 0.467 e. The zero-order valence-corrected chi connectivity index (χ0v) is 15.7. The number of hydrogen-bond donors (Lipinski definition) is 2. The van der Waals surface area contributed by atoms with E-state index in [1.165, 1.54) is 7.11 Å². The van der Waals surface area contributed by atoms with Gasteiger partial charge in [-0.15, -0.1) is 0 Å². The fourth-order valence-electron chi connectivity index (χ4n) is 2.03. The van der Waals surface area contributed by atoms with E-state index < -0.39 is 12.0 Å². The van der Waals surface area contributed by atoms with Crippen molar-refractivity contribution in [2.45, 2.75) is 32.7 Å². The minimum atomic E-state index is -0.672. The van der Waals surface area contributed by atoms with Crippen LogP contribution in [0.1, 0.15) is 37.0 Å². The highest BCUT2D eigenvalue weighted by Gasteiger charge is 2.26. The van der Waals surface area contributed by atoms with Crippen molar-refractivity contribution < 1.29 is 19.1 Å². The number of ether oxygens (including phenoxy) is 1. The average molecular weight is 399 g/mol. The lowest BCUT2D eigenvalue weighted by molar-refractivity contribution is -0.146. The molecular formula is C17H23BrN2O4. The number of methoxy groups -OCH3 is 1. The molecule has 2 amide bonds. The summed E-state index contributed by atoms with van der Waals surface area (Å²) in [4.78, 5) is 35.6. The van der Waals surface area contributed by atoms with Crippen LogP contribution < -0.4 is 10.6 Å². The van der Waals surface area contributed by atoms with Gasteiger partial charge in [0.2, 0.25) is 5.91 Å². The highest BCUT2D eigenvalue weighted by Crippen LogP contribution is 2.11. The first-order valence-corrected chi connectivity index (χ1v) is 8.59. The molecule has 0 bridgehead atoms. The fourth-order valence-corrected chi connectivity index (χ4v) is 2.30. The van der Waals surface area contributed by atoms with Gasteiger partial charge in [0.15, 0.2) is 0 Å². The summed E-state index contributed by atoms with van der Waals surface area (Å²) in [6.45, 7) is 4.00. The molecule has 24 heavy (non-hydrogen) atoms. The molecule has 7 heteroatoms. The highest BCUT2D eigenvalue weighted by atomic mass is 79.9. The molecule has 6 nitrogen and oxygen atoms in total. The van der Waals surface area contributed by atoms with Crippen LogP contribution in [0.5, 0.6) is 0 Å². The quantitative estimate of drug-likeness (QED) is 0.657. The topological polar surface area (TPSA) is 84.5 Å². The molecule has 0 radical (unpaired) electrons. The molecule has 132 valence electrons. The maximum atomic E-state index is 12.0. The lowest BCUT2D eigenvalue weighted by Crippen LogP contribution is -2.46. The van der Waals surface area contributed by atoms with Crippen LogP contribution in [0.25, 0.3) is 0 Å². The molecule has 2 N–H and O–H groups in total. The van der Waals surface area contributed by atoms with Gasteiger partial charge in [0.05, 0.1) is 7.11 Å². The van der Waals surface area contributed by atoms with E-state index in [4.69, 9.17) is 4.74 Å². The first kappa shape index (κ1) is 20.2. The van der Waals surface area contributed by atoms with Crippen LogP contribution >= 0.6 is 15.9 Å². The third kappa shape index (κ3) is 6.31. The lowest BCUT2D eigenvalue weighted by atomic mass is 9.99. The predicted octanol–water partition coefficient (Wildman–Crippen LogP) is 2.27. The second kappa shape index (κ2) is 10.1. The molecule has 1 rings (SSSR count). The van der Waals surface area contributed by atoms with Crippen molar-refractivity contribution in [3.8, 4) is 0 Å². The molecule has 0 saturated heterocycles. The van der Waals surface area contributed by atoms with Gasteiger partial charge in [-0.25, -0.2) is 4.79 Å². The Hall–Kier alpha value is -1.89. The molecule has 0 heterocycles. The number of carbonyl (C=O) groups is 3. The van der Waals surface area contributed by atoms with Gasteiger partial charge in [-0.3, -0.25) is 9.59 Å². The molecule has 2 unspecified atom stereocenters. The van der Waals surface area contributed by atoms with E-state index in [2.05, 4.69) is 26.6 Å². The van der Waals surface area contributed by atoms with Crippen molar-refractivity contribution in [2.75, 3.05) is 13.7 Å². The smallest absolute Gasteiger partial charge is 0.328 e. The van der Waals surface area contributed by atoms with E-state index in [9.17, 15) is 14.4 Å². The molecule has 0 spiro atoms. The van der Waals surface area contributed by atoms with Gasteiger partial charge in [0, 0.05) is 23.0 Å². The predicted molar refractivity (Wildman–Crippen MR) is 94.5 cm³/mol. The van der Waals surface area contributed by atoms with Gasteiger partial charge in [-0.1, -0.05) is 36.2 Å². The summed E-state index contributed by atoms with van der Waals surface area (Å²) in [6, 6.07) is 6.25. The number of carbonyl (C=O) groups excluding carboxylic acids is 3. The van der Waals surface area contributed by atoms with Crippen LogP contribution in [-0.4, -0.2) is 37.5 Å². The number of halogens is 1. The van der Waals surface area contributed by atoms with Crippen LogP contribution in [0.2, 0.25) is 0 Å². The van der Waals surface area contributed by atoms with Crippen molar-refractivity contribution >= 4 is 33.7 Å². The Balaban J connectivity index is 2.46. The Morgan fingerprint density at radius 3 is 2.38 bits per heavy atom. The number of benzene rings is 1. The normalized spacial score (nSPS) is 12.8. The van der Waals surface area contributed by atoms with Crippen LogP contribution in [-0.2, 0) is 14.3 Å². The summed E-state index contributed by atoms with van der Waals surface area (Å²) in [5, 5.41) is 5.35. The number of rotatable bonds is 8. The van der Waals surface area contributed by atoms with E-state index in [0.717, 1.165) is 10.9 Å². The van der Waals surface area contributed by atoms with Crippen LogP contribution in [0, 0.1) is 5.92 Å². The van der Waals surface area contributed by atoms with Gasteiger partial charge in [-0.05, 0) is 30.2 Å². The van der Waals surface area contributed by atoms with Crippen molar-refractivity contribution in [3.63, 3.8) is 0 Å². The summed E-state index contributed by atoms with van der Waals surface area (Å²) in [5.74, 6) is -1.04. The fraction of sp³-hybridized carbons (Fsp3) is 0.471. The standard InChI is InChI=1S/C17H23BrN2O4/c1-4-11(2)15(17(23)24-3)20-14(21)9-10-19-16(22)12-5-7-13(18)8-6-12/h5-8,11,15H,4,9-10H2,1-3H3,(H,19,22)(H,20,21). The maximum Gasteiger partial charge on any atom is 0.328 e. The summed E-state index contributed by atoms with van der Waals surface area (Å²) in [6.07, 6.45) is 0.826. The monoisotopic (exact) mass is 398 g/mol.